The van der Waals surface area contributed by atoms with Gasteiger partial charge in [-0.15, -0.1) is 10.2 Å². The molecule has 7 nitrogen and oxygen atoms in total. The zero-order valence-electron chi connectivity index (χ0n) is 8.51. The number of amides is 1. The highest BCUT2D eigenvalue weighted by molar-refractivity contribution is 5.90. The Morgan fingerprint density at radius 1 is 1.67 bits per heavy atom. The molecule has 1 aromatic heterocycles. The highest BCUT2D eigenvalue weighted by Gasteiger charge is 2.34. The quantitative estimate of drug-likeness (QED) is 0.706. The van der Waals surface area contributed by atoms with Crippen LogP contribution in [0.2, 0.25) is 0 Å². The van der Waals surface area contributed by atoms with Crippen LogP contribution in [-0.4, -0.2) is 57.7 Å². The summed E-state index contributed by atoms with van der Waals surface area (Å²) in [4.78, 5) is 13.6. The second-order valence-corrected chi connectivity index (χ2v) is 3.46. The van der Waals surface area contributed by atoms with Gasteiger partial charge in [-0.3, -0.25) is 4.79 Å². The van der Waals surface area contributed by atoms with Crippen LogP contribution in [0, 0.1) is 0 Å². The van der Waals surface area contributed by atoms with Crippen LogP contribution in [0.3, 0.4) is 0 Å². The first-order chi connectivity index (χ1) is 7.33. The summed E-state index contributed by atoms with van der Waals surface area (Å²) in [6, 6.07) is 0.325. The maximum absolute atomic E-state index is 11.9. The molecule has 1 amide bonds. The molecule has 7 heteroatoms. The summed E-state index contributed by atoms with van der Waals surface area (Å²) in [7, 11) is 1.61. The molecule has 0 unspecified atom stereocenters. The van der Waals surface area contributed by atoms with Crippen LogP contribution in [0.15, 0.2) is 0 Å². The van der Waals surface area contributed by atoms with Gasteiger partial charge in [0.1, 0.15) is 0 Å². The van der Waals surface area contributed by atoms with Gasteiger partial charge in [0.05, 0.1) is 6.61 Å². The van der Waals surface area contributed by atoms with Gasteiger partial charge < -0.3 is 9.64 Å². The Labute approximate surface area is 86.8 Å². The van der Waals surface area contributed by atoms with Gasteiger partial charge >= 0.3 is 0 Å². The summed E-state index contributed by atoms with van der Waals surface area (Å²) in [5.74, 6) is -0.0543. The lowest BCUT2D eigenvalue weighted by molar-refractivity contribution is 0.0668. The normalized spacial score (nSPS) is 15.3. The number of H-pyrrole nitrogens is 1. The Morgan fingerprint density at radius 2 is 2.47 bits per heavy atom. The summed E-state index contributed by atoms with van der Waals surface area (Å²) in [6.07, 6.45) is 2.10. The number of hydrogen-bond donors (Lipinski definition) is 1. The zero-order chi connectivity index (χ0) is 10.7. The minimum absolute atomic E-state index is 0.123. The number of nitrogens with one attached hydrogen (secondary N) is 1. The average Bonchev–Trinajstić information content (AvgIpc) is 2.94. The largest absolute Gasteiger partial charge is 0.383 e. The average molecular weight is 211 g/mol. The highest BCUT2D eigenvalue weighted by Crippen LogP contribution is 2.27. The van der Waals surface area contributed by atoms with E-state index in [1.54, 1.807) is 12.0 Å². The number of carbonyl (C=O) groups excluding carboxylic acids is 1. The lowest BCUT2D eigenvalue weighted by Gasteiger charge is -2.19. The second kappa shape index (κ2) is 4.35. The number of methoxy groups -OCH3 is 1. The third-order valence-electron chi connectivity index (χ3n) is 2.32. The molecule has 1 N–H and O–H groups in total. The van der Waals surface area contributed by atoms with E-state index in [0.717, 1.165) is 12.8 Å². The van der Waals surface area contributed by atoms with E-state index in [4.69, 9.17) is 4.74 Å². The summed E-state index contributed by atoms with van der Waals surface area (Å²) >= 11 is 0. The lowest BCUT2D eigenvalue weighted by Crippen LogP contribution is -2.36. The fourth-order valence-electron chi connectivity index (χ4n) is 1.41. The number of ether oxygens (including phenoxy) is 1. The van der Waals surface area contributed by atoms with Crippen LogP contribution in [0.1, 0.15) is 23.5 Å². The number of hydrogen-bond acceptors (Lipinski definition) is 5. The third kappa shape index (κ3) is 2.30. The van der Waals surface area contributed by atoms with Gasteiger partial charge in [-0.05, 0) is 18.1 Å². The monoisotopic (exact) mass is 211 g/mol. The van der Waals surface area contributed by atoms with Crippen molar-refractivity contribution in [2.75, 3.05) is 20.3 Å². The molecule has 15 heavy (non-hydrogen) atoms. The van der Waals surface area contributed by atoms with Crippen molar-refractivity contribution in [3.8, 4) is 0 Å². The van der Waals surface area contributed by atoms with Gasteiger partial charge in [-0.2, -0.15) is 5.21 Å². The molecule has 0 aromatic carbocycles. The van der Waals surface area contributed by atoms with Crippen molar-refractivity contribution in [1.29, 1.82) is 0 Å². The Bertz CT molecular complexity index is 322. The van der Waals surface area contributed by atoms with Crippen LogP contribution in [0.5, 0.6) is 0 Å². The molecule has 82 valence electrons. The molecule has 0 saturated heterocycles. The van der Waals surface area contributed by atoms with Crippen molar-refractivity contribution in [1.82, 2.24) is 25.5 Å². The summed E-state index contributed by atoms with van der Waals surface area (Å²) in [5, 5.41) is 13.0. The number of carbonyl (C=O) groups is 1. The second-order valence-electron chi connectivity index (χ2n) is 3.46. The Morgan fingerprint density at radius 3 is 3.00 bits per heavy atom. The van der Waals surface area contributed by atoms with Crippen LogP contribution < -0.4 is 0 Å². The molecule has 0 atom stereocenters. The molecule has 1 fully saturated rings. The lowest BCUT2D eigenvalue weighted by atomic mass is 10.4. The third-order valence-corrected chi connectivity index (χ3v) is 2.32. The molecule has 0 radical (unpaired) electrons. The van der Waals surface area contributed by atoms with Crippen molar-refractivity contribution in [2.24, 2.45) is 0 Å². The summed E-state index contributed by atoms with van der Waals surface area (Å²) in [5.41, 5.74) is 0. The fourth-order valence-corrected chi connectivity index (χ4v) is 1.41. The van der Waals surface area contributed by atoms with E-state index in [9.17, 15) is 4.79 Å². The fraction of sp³-hybridized carbons (Fsp3) is 0.750. The van der Waals surface area contributed by atoms with Gasteiger partial charge in [0, 0.05) is 19.7 Å². The van der Waals surface area contributed by atoms with E-state index in [2.05, 4.69) is 20.6 Å². The standard InChI is InChI=1S/C8H13N5O2/c1-15-5-4-13(6-2-3-6)8(14)7-9-11-12-10-7/h6H,2-5H2,1H3,(H,9,10,11,12). The Hall–Kier alpha value is -1.50. The van der Waals surface area contributed by atoms with Crippen molar-refractivity contribution >= 4 is 5.91 Å². The molecule has 0 aliphatic heterocycles. The smallest absolute Gasteiger partial charge is 0.295 e. The van der Waals surface area contributed by atoms with Crippen molar-refractivity contribution in [3.63, 3.8) is 0 Å². The minimum atomic E-state index is -0.177. The first-order valence-electron chi connectivity index (χ1n) is 4.86. The van der Waals surface area contributed by atoms with E-state index in [-0.39, 0.29) is 11.7 Å². The zero-order valence-corrected chi connectivity index (χ0v) is 8.51. The number of tetrazole rings is 1. The number of nitrogens with zero attached hydrogens (tertiary/aromatic N) is 4. The van der Waals surface area contributed by atoms with Gasteiger partial charge in [-0.1, -0.05) is 0 Å². The SMILES string of the molecule is COCCN(C(=O)c1nn[nH]n1)C1CC1. The summed E-state index contributed by atoms with van der Waals surface area (Å²) < 4.78 is 4.96. The van der Waals surface area contributed by atoms with Gasteiger partial charge in [-0.25, -0.2) is 0 Å². The maximum Gasteiger partial charge on any atom is 0.295 e. The number of rotatable bonds is 5. The first-order valence-corrected chi connectivity index (χ1v) is 4.86. The first kappa shape index (κ1) is 10.0. The number of aromatic amines is 1. The van der Waals surface area contributed by atoms with Crippen LogP contribution in [-0.2, 0) is 4.74 Å². The van der Waals surface area contributed by atoms with Crippen molar-refractivity contribution in [2.45, 2.75) is 18.9 Å². The van der Waals surface area contributed by atoms with Gasteiger partial charge in [0.25, 0.3) is 11.7 Å². The van der Waals surface area contributed by atoms with Crippen LogP contribution in [0.4, 0.5) is 0 Å². The molecule has 1 heterocycles. The molecule has 1 aliphatic rings. The predicted octanol–water partition coefficient (Wildman–Crippen LogP) is -0.549. The molecular weight excluding hydrogens is 198 g/mol. The highest BCUT2D eigenvalue weighted by atomic mass is 16.5. The van der Waals surface area contributed by atoms with E-state index in [1.807, 2.05) is 0 Å². The molecule has 0 bridgehead atoms. The minimum Gasteiger partial charge on any atom is -0.383 e. The Balaban J connectivity index is 2.01. The number of aromatic nitrogens is 4. The molecular formula is C8H13N5O2. The molecule has 1 aliphatic carbocycles. The molecule has 1 aromatic rings. The molecule has 0 spiro atoms. The van der Waals surface area contributed by atoms with Crippen molar-refractivity contribution < 1.29 is 9.53 Å². The van der Waals surface area contributed by atoms with E-state index in [0.29, 0.717) is 19.2 Å². The van der Waals surface area contributed by atoms with Crippen molar-refractivity contribution in [3.05, 3.63) is 5.82 Å². The predicted molar refractivity (Wildman–Crippen MR) is 50.1 cm³/mol. The van der Waals surface area contributed by atoms with Crippen LogP contribution in [0.25, 0.3) is 0 Å². The van der Waals surface area contributed by atoms with Gasteiger partial charge in [0.15, 0.2) is 0 Å². The van der Waals surface area contributed by atoms with E-state index < -0.39 is 0 Å². The van der Waals surface area contributed by atoms with E-state index >= 15 is 0 Å². The van der Waals surface area contributed by atoms with Gasteiger partial charge in [0.2, 0.25) is 0 Å². The molecule has 1 saturated carbocycles. The Kier molecular flexibility index (Phi) is 2.91. The topological polar surface area (TPSA) is 84.0 Å². The summed E-state index contributed by atoms with van der Waals surface area (Å²) in [6.45, 7) is 1.11. The maximum atomic E-state index is 11.9. The van der Waals surface area contributed by atoms with Crippen LogP contribution >= 0.6 is 0 Å². The van der Waals surface area contributed by atoms with E-state index in [1.165, 1.54) is 0 Å². The molecule has 2 rings (SSSR count).